The Morgan fingerprint density at radius 1 is 1.00 bits per heavy atom. The van der Waals surface area contributed by atoms with Crippen LogP contribution in [0, 0.1) is 0 Å². The SMILES string of the molecule is FC(F)(F)c1cccc(-c2ncsc2-c2ncncc2C2CCCCC2)c1. The molecule has 4 rings (SSSR count). The van der Waals surface area contributed by atoms with E-state index in [1.807, 2.05) is 6.20 Å². The number of benzene rings is 1. The van der Waals surface area contributed by atoms with E-state index in [2.05, 4.69) is 15.0 Å². The zero-order valence-electron chi connectivity index (χ0n) is 14.5. The van der Waals surface area contributed by atoms with Crippen LogP contribution in [0.3, 0.4) is 0 Å². The van der Waals surface area contributed by atoms with Gasteiger partial charge in [-0.05, 0) is 30.9 Å². The van der Waals surface area contributed by atoms with Crippen molar-refractivity contribution in [3.8, 4) is 21.8 Å². The maximum Gasteiger partial charge on any atom is 0.416 e. The van der Waals surface area contributed by atoms with Crippen LogP contribution in [0.5, 0.6) is 0 Å². The summed E-state index contributed by atoms with van der Waals surface area (Å²) in [6, 6.07) is 5.31. The summed E-state index contributed by atoms with van der Waals surface area (Å²) in [4.78, 5) is 13.9. The average molecular weight is 389 g/mol. The topological polar surface area (TPSA) is 38.7 Å². The highest BCUT2D eigenvalue weighted by Crippen LogP contribution is 2.42. The Hall–Kier alpha value is -2.28. The molecule has 27 heavy (non-hydrogen) atoms. The smallest absolute Gasteiger partial charge is 0.244 e. The van der Waals surface area contributed by atoms with Crippen molar-refractivity contribution in [1.29, 1.82) is 0 Å². The third-order valence-corrected chi connectivity index (χ3v) is 5.86. The molecular weight excluding hydrogens is 371 g/mol. The normalized spacial score (nSPS) is 15.8. The predicted octanol–water partition coefficient (Wildman–Crippen LogP) is 6.33. The standard InChI is InChI=1S/C20H18F3N3S/c21-20(22,23)15-8-4-7-14(9-15)17-19(27-12-26-17)18-16(10-24-11-25-18)13-5-2-1-3-6-13/h4,7-13H,1-3,5-6H2. The molecule has 1 aliphatic rings. The number of thiazole rings is 1. The number of nitrogens with zero attached hydrogens (tertiary/aromatic N) is 3. The second kappa shape index (κ2) is 7.38. The monoisotopic (exact) mass is 389 g/mol. The van der Waals surface area contributed by atoms with Gasteiger partial charge in [0.15, 0.2) is 0 Å². The van der Waals surface area contributed by atoms with Gasteiger partial charge in [0.05, 0.1) is 27.3 Å². The molecular formula is C20H18F3N3S. The van der Waals surface area contributed by atoms with Crippen LogP contribution >= 0.6 is 11.3 Å². The molecule has 0 aliphatic heterocycles. The maximum absolute atomic E-state index is 13.1. The molecule has 1 saturated carbocycles. The van der Waals surface area contributed by atoms with Gasteiger partial charge in [-0.1, -0.05) is 31.4 Å². The fourth-order valence-corrected chi connectivity index (χ4v) is 4.53. The van der Waals surface area contributed by atoms with Crippen molar-refractivity contribution in [1.82, 2.24) is 15.0 Å². The summed E-state index contributed by atoms with van der Waals surface area (Å²) >= 11 is 1.41. The molecule has 1 aromatic carbocycles. The second-order valence-electron chi connectivity index (χ2n) is 6.77. The van der Waals surface area contributed by atoms with E-state index in [4.69, 9.17) is 0 Å². The van der Waals surface area contributed by atoms with Crippen LogP contribution in [-0.2, 0) is 6.18 Å². The minimum atomic E-state index is -4.38. The highest BCUT2D eigenvalue weighted by molar-refractivity contribution is 7.13. The number of hydrogen-bond donors (Lipinski definition) is 0. The molecule has 0 bridgehead atoms. The third-order valence-electron chi connectivity index (χ3n) is 5.03. The zero-order chi connectivity index (χ0) is 18.9. The van der Waals surface area contributed by atoms with Gasteiger partial charge in [0.2, 0.25) is 0 Å². The number of rotatable bonds is 3. The molecule has 1 fully saturated rings. The molecule has 0 atom stereocenters. The second-order valence-corrected chi connectivity index (χ2v) is 7.63. The first-order valence-electron chi connectivity index (χ1n) is 8.95. The first-order chi connectivity index (χ1) is 13.0. The summed E-state index contributed by atoms with van der Waals surface area (Å²) in [5, 5.41) is 0. The molecule has 3 aromatic rings. The third kappa shape index (κ3) is 3.74. The van der Waals surface area contributed by atoms with Crippen LogP contribution in [-0.4, -0.2) is 15.0 Å². The minimum absolute atomic E-state index is 0.395. The van der Waals surface area contributed by atoms with Crippen LogP contribution < -0.4 is 0 Å². The lowest BCUT2D eigenvalue weighted by Gasteiger charge is -2.23. The van der Waals surface area contributed by atoms with Crippen molar-refractivity contribution in [2.45, 2.75) is 44.2 Å². The highest BCUT2D eigenvalue weighted by atomic mass is 32.1. The van der Waals surface area contributed by atoms with Gasteiger partial charge in [0.1, 0.15) is 6.33 Å². The van der Waals surface area contributed by atoms with Crippen molar-refractivity contribution in [2.24, 2.45) is 0 Å². The van der Waals surface area contributed by atoms with E-state index in [9.17, 15) is 13.2 Å². The van der Waals surface area contributed by atoms with Crippen LogP contribution in [0.1, 0.15) is 49.1 Å². The van der Waals surface area contributed by atoms with E-state index in [1.54, 1.807) is 11.6 Å². The number of aromatic nitrogens is 3. The van der Waals surface area contributed by atoms with Crippen molar-refractivity contribution in [2.75, 3.05) is 0 Å². The quantitative estimate of drug-likeness (QED) is 0.525. The fourth-order valence-electron chi connectivity index (χ4n) is 3.71. The first kappa shape index (κ1) is 18.1. The van der Waals surface area contributed by atoms with Gasteiger partial charge in [-0.3, -0.25) is 0 Å². The molecule has 0 N–H and O–H groups in total. The Morgan fingerprint density at radius 2 is 1.81 bits per heavy atom. The molecule has 0 spiro atoms. The molecule has 0 amide bonds. The van der Waals surface area contributed by atoms with Gasteiger partial charge in [-0.15, -0.1) is 11.3 Å². The van der Waals surface area contributed by atoms with E-state index in [1.165, 1.54) is 43.0 Å². The Morgan fingerprint density at radius 3 is 2.59 bits per heavy atom. The van der Waals surface area contributed by atoms with E-state index in [-0.39, 0.29) is 0 Å². The number of alkyl halides is 3. The molecule has 2 aromatic heterocycles. The summed E-state index contributed by atoms with van der Waals surface area (Å²) in [7, 11) is 0. The summed E-state index contributed by atoms with van der Waals surface area (Å²) < 4.78 is 39.3. The first-order valence-corrected chi connectivity index (χ1v) is 9.83. The van der Waals surface area contributed by atoms with E-state index < -0.39 is 11.7 Å². The van der Waals surface area contributed by atoms with Gasteiger partial charge in [0.25, 0.3) is 0 Å². The Labute approximate surface area is 159 Å². The van der Waals surface area contributed by atoms with Crippen LogP contribution in [0.4, 0.5) is 13.2 Å². The summed E-state index contributed by atoms with van der Waals surface area (Å²) in [5.74, 6) is 0.395. The van der Waals surface area contributed by atoms with Crippen molar-refractivity contribution >= 4 is 11.3 Å². The lowest BCUT2D eigenvalue weighted by molar-refractivity contribution is -0.137. The predicted molar refractivity (Wildman–Crippen MR) is 99.4 cm³/mol. The van der Waals surface area contributed by atoms with Crippen LogP contribution in [0.15, 0.2) is 42.3 Å². The highest BCUT2D eigenvalue weighted by Gasteiger charge is 2.31. The summed E-state index contributed by atoms with van der Waals surface area (Å²) in [6.45, 7) is 0. The summed E-state index contributed by atoms with van der Waals surface area (Å²) in [5.41, 5.74) is 3.87. The van der Waals surface area contributed by atoms with Crippen molar-refractivity contribution in [3.63, 3.8) is 0 Å². The van der Waals surface area contributed by atoms with Gasteiger partial charge in [-0.25, -0.2) is 15.0 Å². The molecule has 7 heteroatoms. The Bertz CT molecular complexity index is 930. The molecule has 0 radical (unpaired) electrons. The lowest BCUT2D eigenvalue weighted by atomic mass is 9.83. The molecule has 140 valence electrons. The number of hydrogen-bond acceptors (Lipinski definition) is 4. The van der Waals surface area contributed by atoms with Crippen LogP contribution in [0.2, 0.25) is 0 Å². The Balaban J connectivity index is 1.78. The maximum atomic E-state index is 13.1. The zero-order valence-corrected chi connectivity index (χ0v) is 15.4. The van der Waals surface area contributed by atoms with Crippen molar-refractivity contribution in [3.05, 3.63) is 53.4 Å². The lowest BCUT2D eigenvalue weighted by Crippen LogP contribution is -2.07. The minimum Gasteiger partial charge on any atom is -0.244 e. The number of halogens is 3. The van der Waals surface area contributed by atoms with Gasteiger partial charge in [0, 0.05) is 17.3 Å². The largest absolute Gasteiger partial charge is 0.416 e. The molecule has 3 nitrogen and oxygen atoms in total. The molecule has 0 unspecified atom stereocenters. The van der Waals surface area contributed by atoms with Gasteiger partial charge in [-0.2, -0.15) is 13.2 Å². The molecule has 2 heterocycles. The van der Waals surface area contributed by atoms with E-state index >= 15 is 0 Å². The molecule has 1 aliphatic carbocycles. The van der Waals surface area contributed by atoms with Crippen LogP contribution in [0.25, 0.3) is 21.8 Å². The molecule has 0 saturated heterocycles. The summed E-state index contributed by atoms with van der Waals surface area (Å²) in [6.07, 6.45) is 4.77. The average Bonchev–Trinajstić information content (AvgIpc) is 3.18. The van der Waals surface area contributed by atoms with E-state index in [0.717, 1.165) is 41.1 Å². The van der Waals surface area contributed by atoms with Crippen molar-refractivity contribution < 1.29 is 13.2 Å². The fraction of sp³-hybridized carbons (Fsp3) is 0.350. The Kier molecular flexibility index (Phi) is 4.95. The van der Waals surface area contributed by atoms with Gasteiger partial charge < -0.3 is 0 Å². The van der Waals surface area contributed by atoms with Gasteiger partial charge >= 0.3 is 6.18 Å². The van der Waals surface area contributed by atoms with E-state index in [0.29, 0.717) is 17.2 Å².